The molecular weight excluding hydrogens is 285 g/mol. The number of halogens is 2. The molecule has 102 valence electrons. The number of rotatable bonds is 6. The summed E-state index contributed by atoms with van der Waals surface area (Å²) in [7, 11) is 1.92. The number of aromatic nitrogens is 2. The lowest BCUT2D eigenvalue weighted by atomic mass is 10.1. The van der Waals surface area contributed by atoms with E-state index in [-0.39, 0.29) is 0 Å². The Morgan fingerprint density at radius 1 is 1.26 bits per heavy atom. The molecule has 19 heavy (non-hydrogen) atoms. The third-order valence-electron chi connectivity index (χ3n) is 2.67. The molecular formula is C13H15Cl2N3O. The van der Waals surface area contributed by atoms with Gasteiger partial charge in [-0.3, -0.25) is 0 Å². The minimum atomic E-state index is 0.539. The molecule has 0 saturated carbocycles. The van der Waals surface area contributed by atoms with E-state index in [1.165, 1.54) is 0 Å². The maximum atomic E-state index is 5.97. The molecule has 0 radical (unpaired) electrons. The lowest BCUT2D eigenvalue weighted by molar-refractivity contribution is 0.370. The van der Waals surface area contributed by atoms with Crippen molar-refractivity contribution in [3.8, 4) is 0 Å². The Bertz CT molecular complexity index is 542. The predicted octanol–water partition coefficient (Wildman–Crippen LogP) is 3.12. The minimum absolute atomic E-state index is 0.539. The van der Waals surface area contributed by atoms with Gasteiger partial charge in [0.1, 0.15) is 0 Å². The molecule has 6 heteroatoms. The average molecular weight is 300 g/mol. The molecule has 0 spiro atoms. The van der Waals surface area contributed by atoms with E-state index in [4.69, 9.17) is 27.7 Å². The maximum absolute atomic E-state index is 5.97. The predicted molar refractivity (Wildman–Crippen MR) is 75.8 cm³/mol. The number of nitrogens with one attached hydrogen (secondary N) is 1. The Morgan fingerprint density at radius 2 is 2.11 bits per heavy atom. The molecule has 0 bridgehead atoms. The molecule has 1 aromatic carbocycles. The molecule has 0 aliphatic heterocycles. The second-order valence-corrected chi connectivity index (χ2v) is 5.05. The van der Waals surface area contributed by atoms with Crippen LogP contribution >= 0.6 is 23.2 Å². The lowest BCUT2D eigenvalue weighted by Gasteiger charge is -1.99. The quantitative estimate of drug-likeness (QED) is 0.833. The van der Waals surface area contributed by atoms with Crippen LogP contribution in [0.2, 0.25) is 10.0 Å². The molecule has 1 N–H and O–H groups in total. The maximum Gasteiger partial charge on any atom is 0.226 e. The van der Waals surface area contributed by atoms with Crippen LogP contribution in [0.4, 0.5) is 0 Å². The van der Waals surface area contributed by atoms with E-state index in [2.05, 4.69) is 15.5 Å². The van der Waals surface area contributed by atoms with Gasteiger partial charge in [-0.1, -0.05) is 34.4 Å². The van der Waals surface area contributed by atoms with Gasteiger partial charge in [-0.25, -0.2) is 0 Å². The zero-order valence-electron chi connectivity index (χ0n) is 10.6. The Balaban J connectivity index is 1.97. The van der Waals surface area contributed by atoms with Crippen molar-refractivity contribution in [3.05, 3.63) is 45.5 Å². The van der Waals surface area contributed by atoms with Gasteiger partial charge in [0.2, 0.25) is 5.89 Å². The number of benzene rings is 1. The fourth-order valence-corrected chi connectivity index (χ4v) is 2.03. The summed E-state index contributed by atoms with van der Waals surface area (Å²) in [4.78, 5) is 4.35. The van der Waals surface area contributed by atoms with Gasteiger partial charge in [0.15, 0.2) is 5.82 Å². The van der Waals surface area contributed by atoms with Crippen LogP contribution in [-0.2, 0) is 12.8 Å². The van der Waals surface area contributed by atoms with Crippen LogP contribution in [0.1, 0.15) is 23.7 Å². The first-order valence-corrected chi connectivity index (χ1v) is 6.84. The molecule has 4 nitrogen and oxygen atoms in total. The molecule has 0 fully saturated rings. The molecule has 1 aromatic heterocycles. The summed E-state index contributed by atoms with van der Waals surface area (Å²) < 4.78 is 5.19. The Morgan fingerprint density at radius 3 is 2.84 bits per heavy atom. The van der Waals surface area contributed by atoms with Crippen molar-refractivity contribution >= 4 is 23.2 Å². The first-order chi connectivity index (χ1) is 9.19. The molecule has 0 unspecified atom stereocenters. The van der Waals surface area contributed by atoms with E-state index < -0.39 is 0 Å². The fourth-order valence-electron chi connectivity index (χ4n) is 1.71. The third kappa shape index (κ3) is 4.20. The van der Waals surface area contributed by atoms with Gasteiger partial charge in [0.05, 0.1) is 10.0 Å². The summed E-state index contributed by atoms with van der Waals surface area (Å²) in [6, 6.07) is 5.50. The highest BCUT2D eigenvalue weighted by Crippen LogP contribution is 2.23. The molecule has 0 atom stereocenters. The van der Waals surface area contributed by atoms with E-state index in [0.29, 0.717) is 28.2 Å². The highest BCUT2D eigenvalue weighted by atomic mass is 35.5. The number of hydrogen-bond acceptors (Lipinski definition) is 4. The summed E-state index contributed by atoms with van der Waals surface area (Å²) in [5, 5.41) is 8.13. The molecule has 0 aliphatic rings. The van der Waals surface area contributed by atoms with Crippen molar-refractivity contribution in [2.75, 3.05) is 13.6 Å². The number of hydrogen-bond donors (Lipinski definition) is 1. The minimum Gasteiger partial charge on any atom is -0.339 e. The topological polar surface area (TPSA) is 51.0 Å². The summed E-state index contributed by atoms with van der Waals surface area (Å²) in [6.45, 7) is 0.935. The number of nitrogens with zero attached hydrogens (tertiary/aromatic N) is 2. The summed E-state index contributed by atoms with van der Waals surface area (Å²) in [5.41, 5.74) is 1.01. The van der Waals surface area contributed by atoms with Crippen molar-refractivity contribution < 1.29 is 4.52 Å². The van der Waals surface area contributed by atoms with Crippen molar-refractivity contribution in [2.24, 2.45) is 0 Å². The van der Waals surface area contributed by atoms with Crippen LogP contribution in [-0.4, -0.2) is 23.7 Å². The van der Waals surface area contributed by atoms with Crippen molar-refractivity contribution in [2.45, 2.75) is 19.3 Å². The van der Waals surface area contributed by atoms with E-state index in [1.54, 1.807) is 6.07 Å². The van der Waals surface area contributed by atoms with Crippen LogP contribution in [0.15, 0.2) is 22.7 Å². The van der Waals surface area contributed by atoms with E-state index in [0.717, 1.165) is 24.9 Å². The first kappa shape index (κ1) is 14.3. The summed E-state index contributed by atoms with van der Waals surface area (Å²) in [5.74, 6) is 1.34. The molecule has 0 amide bonds. The van der Waals surface area contributed by atoms with Gasteiger partial charge in [-0.05, 0) is 37.7 Å². The van der Waals surface area contributed by atoms with Gasteiger partial charge in [-0.15, -0.1) is 0 Å². The Kier molecular flexibility index (Phi) is 5.19. The zero-order valence-corrected chi connectivity index (χ0v) is 12.1. The molecule has 0 aliphatic carbocycles. The smallest absolute Gasteiger partial charge is 0.226 e. The summed E-state index contributed by atoms with van der Waals surface area (Å²) >= 11 is 11.8. The van der Waals surface area contributed by atoms with E-state index >= 15 is 0 Å². The van der Waals surface area contributed by atoms with E-state index in [9.17, 15) is 0 Å². The standard InChI is InChI=1S/C13H15Cl2N3O/c1-16-6-2-3-13-17-12(18-19-13)8-9-4-5-10(14)11(15)7-9/h4-5,7,16H,2-3,6,8H2,1H3. The molecule has 2 rings (SSSR count). The monoisotopic (exact) mass is 299 g/mol. The van der Waals surface area contributed by atoms with Crippen LogP contribution in [0.5, 0.6) is 0 Å². The zero-order chi connectivity index (χ0) is 13.7. The Hall–Kier alpha value is -1.10. The van der Waals surface area contributed by atoms with Gasteiger partial charge in [0.25, 0.3) is 0 Å². The molecule has 0 saturated heterocycles. The normalized spacial score (nSPS) is 10.9. The second-order valence-electron chi connectivity index (χ2n) is 4.24. The second kappa shape index (κ2) is 6.89. The van der Waals surface area contributed by atoms with Crippen molar-refractivity contribution in [1.29, 1.82) is 0 Å². The van der Waals surface area contributed by atoms with Gasteiger partial charge in [0, 0.05) is 12.8 Å². The SMILES string of the molecule is CNCCCc1nc(Cc2ccc(Cl)c(Cl)c2)no1. The van der Waals surface area contributed by atoms with Gasteiger partial charge >= 0.3 is 0 Å². The summed E-state index contributed by atoms with van der Waals surface area (Å²) in [6.07, 6.45) is 2.35. The van der Waals surface area contributed by atoms with Crippen molar-refractivity contribution in [1.82, 2.24) is 15.5 Å². The Labute approximate surface area is 122 Å². The average Bonchev–Trinajstić information content (AvgIpc) is 2.82. The fraction of sp³-hybridized carbons (Fsp3) is 0.385. The first-order valence-electron chi connectivity index (χ1n) is 6.09. The largest absolute Gasteiger partial charge is 0.339 e. The molecule has 2 aromatic rings. The van der Waals surface area contributed by atoms with Gasteiger partial charge < -0.3 is 9.84 Å². The van der Waals surface area contributed by atoms with E-state index in [1.807, 2.05) is 19.2 Å². The van der Waals surface area contributed by atoms with Crippen LogP contribution < -0.4 is 5.32 Å². The van der Waals surface area contributed by atoms with Crippen LogP contribution in [0.3, 0.4) is 0 Å². The third-order valence-corrected chi connectivity index (χ3v) is 3.41. The van der Waals surface area contributed by atoms with Crippen molar-refractivity contribution in [3.63, 3.8) is 0 Å². The van der Waals surface area contributed by atoms with Gasteiger partial charge in [-0.2, -0.15) is 4.98 Å². The lowest BCUT2D eigenvalue weighted by Crippen LogP contribution is -2.08. The van der Waals surface area contributed by atoms with Crippen LogP contribution in [0, 0.1) is 0 Å². The van der Waals surface area contributed by atoms with Crippen LogP contribution in [0.25, 0.3) is 0 Å². The highest BCUT2D eigenvalue weighted by molar-refractivity contribution is 6.42. The number of aryl methyl sites for hydroxylation is 1. The highest BCUT2D eigenvalue weighted by Gasteiger charge is 2.08. The molecule has 1 heterocycles.